The van der Waals surface area contributed by atoms with E-state index in [1.54, 1.807) is 32.0 Å². The van der Waals surface area contributed by atoms with Crippen LogP contribution < -0.4 is 29.6 Å². The Labute approximate surface area is 317 Å². The van der Waals surface area contributed by atoms with Crippen molar-refractivity contribution in [2.45, 2.75) is 82.0 Å². The molecule has 54 heavy (non-hydrogen) atoms. The molecule has 3 heterocycles. The average Bonchev–Trinajstić information content (AvgIpc) is 4.07. The first-order chi connectivity index (χ1) is 26.0. The van der Waals surface area contributed by atoms with Gasteiger partial charge < -0.3 is 29.7 Å². The number of carbonyl (C=O) groups is 3. The minimum atomic E-state index is -3.95. The summed E-state index contributed by atoms with van der Waals surface area (Å²) in [4.78, 5) is 52.1. The fraction of sp³-hybridized carbons (Fsp3) is 0.472. The van der Waals surface area contributed by atoms with Gasteiger partial charge >= 0.3 is 6.61 Å². The van der Waals surface area contributed by atoms with Gasteiger partial charge in [-0.3, -0.25) is 19.1 Å². The lowest BCUT2D eigenvalue weighted by Crippen LogP contribution is -2.58. The number of hydrogen-bond acceptors (Lipinski definition) is 11. The number of likely N-dealkylation sites (tertiary alicyclic amines) is 1. The van der Waals surface area contributed by atoms with Gasteiger partial charge in [-0.15, -0.1) is 6.58 Å². The molecule has 3 amide bonds. The number of fused-ring (bicyclic) bond motifs is 1. The predicted molar refractivity (Wildman–Crippen MR) is 195 cm³/mol. The van der Waals surface area contributed by atoms with Gasteiger partial charge in [-0.2, -0.15) is 8.78 Å². The molecule has 1 aromatic carbocycles. The Morgan fingerprint density at radius 1 is 1.17 bits per heavy atom. The molecule has 5 atom stereocenters. The second-order valence-electron chi connectivity index (χ2n) is 14.3. The number of pyridine rings is 2. The van der Waals surface area contributed by atoms with Crippen LogP contribution in [0.15, 0.2) is 55.4 Å². The van der Waals surface area contributed by atoms with Crippen molar-refractivity contribution in [1.29, 1.82) is 0 Å². The molecule has 2 saturated carbocycles. The van der Waals surface area contributed by atoms with Crippen molar-refractivity contribution in [2.24, 2.45) is 11.3 Å². The quantitative estimate of drug-likeness (QED) is 0.197. The molecule has 18 heteroatoms. The van der Waals surface area contributed by atoms with Crippen LogP contribution in [-0.4, -0.2) is 90.2 Å². The van der Waals surface area contributed by atoms with Crippen LogP contribution >= 0.6 is 11.6 Å². The van der Waals surface area contributed by atoms with E-state index >= 15 is 0 Å². The number of amides is 3. The Kier molecular flexibility index (Phi) is 10.3. The lowest BCUT2D eigenvalue weighted by atomic mass is 9.85. The highest BCUT2D eigenvalue weighted by atomic mass is 35.5. The maximum atomic E-state index is 14.7. The van der Waals surface area contributed by atoms with Gasteiger partial charge in [-0.25, -0.2) is 18.4 Å². The van der Waals surface area contributed by atoms with Crippen LogP contribution in [-0.2, 0) is 24.4 Å². The van der Waals surface area contributed by atoms with Gasteiger partial charge in [-0.05, 0) is 48.9 Å². The van der Waals surface area contributed by atoms with Gasteiger partial charge in [0.05, 0.1) is 37.0 Å². The molecule has 2 aromatic heterocycles. The Balaban J connectivity index is 1.32. The van der Waals surface area contributed by atoms with Crippen LogP contribution in [0.2, 0.25) is 5.02 Å². The van der Waals surface area contributed by atoms with E-state index in [-0.39, 0.29) is 43.7 Å². The molecule has 3 fully saturated rings. The van der Waals surface area contributed by atoms with Crippen LogP contribution in [0.25, 0.3) is 10.8 Å². The minimum Gasteiger partial charge on any atom is -0.494 e. The minimum absolute atomic E-state index is 0.0700. The SMILES string of the molecule is [2H]CC(C)(C)[C@H](Nc1ccc(OC(F)F)nc1)C(=O)N1C[C@H](Oc2ncc(OC)c3ccc(Cl)cc23)C[C@H]1C(=O)N[C@]1(C(=O)NS(=O)(=O)C2CC2)C[C@H]1C=C. The fourth-order valence-electron chi connectivity index (χ4n) is 6.52. The standard InChI is InChI=1S/C36H41ClF2N6O8S/c1-6-19-15-36(19,33(48)44-54(49,50)23-9-10-23)43-30(46)26-14-22(52-31-25-13-20(37)7-11-24(25)27(51-5)17-41-31)18-45(26)32(47)29(35(2,3)4)42-21-8-12-28(40-16-21)53-34(38)39/h6-8,11-13,16-17,19,22-23,26,29,34,42H,1,9-10,14-15,18H2,2-5H3,(H,43,46)(H,44,48)/t19-,22-,26+,29-,36-/m1/s1/i2D. The number of sulfonamides is 1. The molecule has 1 saturated heterocycles. The highest BCUT2D eigenvalue weighted by molar-refractivity contribution is 7.91. The van der Waals surface area contributed by atoms with E-state index in [2.05, 4.69) is 36.6 Å². The number of nitrogens with one attached hydrogen (secondary N) is 3. The lowest BCUT2D eigenvalue weighted by Gasteiger charge is -2.36. The summed E-state index contributed by atoms with van der Waals surface area (Å²) < 4.78 is 77.5. The first kappa shape index (κ1) is 37.5. The number of hydrogen-bond donors (Lipinski definition) is 3. The summed E-state index contributed by atoms with van der Waals surface area (Å²) in [6.45, 7) is 3.61. The normalized spacial score (nSPS) is 23.3. The molecular formula is C36H41ClF2N6O8S. The third kappa shape index (κ3) is 8.16. The fourth-order valence-corrected chi connectivity index (χ4v) is 8.06. The molecule has 0 unspecified atom stereocenters. The van der Waals surface area contributed by atoms with Gasteiger partial charge in [0.25, 0.3) is 5.91 Å². The Hall–Kier alpha value is -4.77. The molecule has 0 bridgehead atoms. The van der Waals surface area contributed by atoms with Gasteiger partial charge in [-0.1, -0.05) is 38.4 Å². The first-order valence-corrected chi connectivity index (χ1v) is 19.0. The number of aromatic nitrogens is 2. The van der Waals surface area contributed by atoms with E-state index in [1.165, 1.54) is 42.6 Å². The number of halogens is 3. The number of benzene rings is 1. The molecule has 3 N–H and O–H groups in total. The van der Waals surface area contributed by atoms with E-state index in [0.717, 1.165) is 0 Å². The van der Waals surface area contributed by atoms with Gasteiger partial charge in [0, 0.05) is 35.6 Å². The monoisotopic (exact) mass is 791 g/mol. The Morgan fingerprint density at radius 3 is 2.54 bits per heavy atom. The molecule has 290 valence electrons. The van der Waals surface area contributed by atoms with Crippen LogP contribution in [0, 0.1) is 11.3 Å². The number of methoxy groups -OCH3 is 1. The second-order valence-corrected chi connectivity index (χ2v) is 16.7. The number of carbonyl (C=O) groups excluding carboxylic acids is 3. The Bertz CT molecular complexity index is 2090. The molecule has 2 aliphatic carbocycles. The zero-order valence-electron chi connectivity index (χ0n) is 30.7. The molecular weight excluding hydrogens is 750 g/mol. The number of alkyl halides is 2. The topological polar surface area (TPSA) is 178 Å². The van der Waals surface area contributed by atoms with Crippen LogP contribution in [0.1, 0.15) is 47.8 Å². The molecule has 14 nitrogen and oxygen atoms in total. The molecule has 0 spiro atoms. The van der Waals surface area contributed by atoms with Crippen molar-refractivity contribution >= 4 is 55.8 Å². The highest BCUT2D eigenvalue weighted by Gasteiger charge is 2.62. The molecule has 0 radical (unpaired) electrons. The van der Waals surface area contributed by atoms with E-state index in [1.807, 2.05) is 0 Å². The van der Waals surface area contributed by atoms with Gasteiger partial charge in [0.15, 0.2) is 0 Å². The molecule has 3 aromatic rings. The predicted octanol–water partition coefficient (Wildman–Crippen LogP) is 4.44. The summed E-state index contributed by atoms with van der Waals surface area (Å²) in [5.41, 5.74) is -2.44. The van der Waals surface area contributed by atoms with Crippen molar-refractivity contribution < 1.29 is 47.2 Å². The van der Waals surface area contributed by atoms with Crippen molar-refractivity contribution in [2.75, 3.05) is 19.0 Å². The van der Waals surface area contributed by atoms with E-state index in [4.69, 9.17) is 22.4 Å². The van der Waals surface area contributed by atoms with Crippen LogP contribution in [0.5, 0.6) is 17.5 Å². The zero-order valence-corrected chi connectivity index (χ0v) is 31.3. The van der Waals surface area contributed by atoms with Gasteiger partial charge in [0.2, 0.25) is 33.6 Å². The summed E-state index contributed by atoms with van der Waals surface area (Å²) in [5, 5.41) is 6.68. The summed E-state index contributed by atoms with van der Waals surface area (Å²) in [6, 6.07) is 5.24. The van der Waals surface area contributed by atoms with E-state index in [9.17, 15) is 31.6 Å². The lowest BCUT2D eigenvalue weighted by molar-refractivity contribution is -0.141. The summed E-state index contributed by atoms with van der Waals surface area (Å²) in [7, 11) is -2.46. The first-order valence-electron chi connectivity index (χ1n) is 17.8. The summed E-state index contributed by atoms with van der Waals surface area (Å²) in [6.07, 6.45) is 4.16. The summed E-state index contributed by atoms with van der Waals surface area (Å²) in [5.74, 6) is -2.55. The van der Waals surface area contributed by atoms with Crippen molar-refractivity contribution in [3.63, 3.8) is 0 Å². The summed E-state index contributed by atoms with van der Waals surface area (Å²) >= 11 is 6.32. The van der Waals surface area contributed by atoms with Crippen molar-refractivity contribution in [3.05, 3.63) is 60.4 Å². The van der Waals surface area contributed by atoms with E-state index in [0.29, 0.717) is 34.4 Å². The van der Waals surface area contributed by atoms with Crippen LogP contribution in [0.4, 0.5) is 14.5 Å². The van der Waals surface area contributed by atoms with Gasteiger partial charge in [0.1, 0.15) is 29.5 Å². The zero-order chi connectivity index (χ0) is 39.9. The van der Waals surface area contributed by atoms with Crippen molar-refractivity contribution in [1.82, 2.24) is 24.9 Å². The maximum absolute atomic E-state index is 14.7. The third-order valence-electron chi connectivity index (χ3n) is 9.66. The van der Waals surface area contributed by atoms with Crippen LogP contribution in [0.3, 0.4) is 0 Å². The third-order valence-corrected chi connectivity index (χ3v) is 11.7. The maximum Gasteiger partial charge on any atom is 0.388 e. The second kappa shape index (κ2) is 14.8. The molecule has 3 aliphatic rings. The average molecular weight is 792 g/mol. The molecule has 1 aliphatic heterocycles. The van der Waals surface area contributed by atoms with E-state index < -0.39 is 74.7 Å². The van der Waals surface area contributed by atoms with Crippen molar-refractivity contribution in [3.8, 4) is 17.5 Å². The Morgan fingerprint density at radius 2 is 1.93 bits per heavy atom. The number of anilines is 1. The molecule has 6 rings (SSSR count). The number of nitrogens with zero attached hydrogens (tertiary/aromatic N) is 3. The largest absolute Gasteiger partial charge is 0.494 e. The number of ether oxygens (including phenoxy) is 3. The highest BCUT2D eigenvalue weighted by Crippen LogP contribution is 2.46. The smallest absolute Gasteiger partial charge is 0.388 e. The number of rotatable bonds is 14.